The van der Waals surface area contributed by atoms with Crippen LogP contribution in [0.5, 0.6) is 57.5 Å². The van der Waals surface area contributed by atoms with Gasteiger partial charge in [0.1, 0.15) is 0 Å². The minimum absolute atomic E-state index is 0.404. The molecule has 0 spiro atoms. The van der Waals surface area contributed by atoms with Gasteiger partial charge in [0.25, 0.3) is 0 Å². The van der Waals surface area contributed by atoms with Gasteiger partial charge in [-0.15, -0.1) is 0 Å². The maximum atomic E-state index is 10.2. The predicted molar refractivity (Wildman–Crippen MR) is 86.8 cm³/mol. The summed E-state index contributed by atoms with van der Waals surface area (Å²) in [5.74, 6) is -10.8. The average Bonchev–Trinajstić information content (AvgIpc) is 2.60. The van der Waals surface area contributed by atoms with Crippen molar-refractivity contribution in [1.82, 2.24) is 0 Å². The molecule has 0 aliphatic heterocycles. The van der Waals surface area contributed by atoms with Crippen LogP contribution in [0.25, 0.3) is 32.3 Å². The molecule has 10 heteroatoms. The van der Waals surface area contributed by atoms with Crippen molar-refractivity contribution < 1.29 is 51.1 Å². The summed E-state index contributed by atoms with van der Waals surface area (Å²) in [4.78, 5) is 0. The van der Waals surface area contributed by atoms with E-state index in [1.54, 1.807) is 0 Å². The quantitative estimate of drug-likeness (QED) is 0.162. The summed E-state index contributed by atoms with van der Waals surface area (Å²) in [5, 5.41) is 97.5. The summed E-state index contributed by atoms with van der Waals surface area (Å²) in [7, 11) is 0. The first kappa shape index (κ1) is 15.4. The Morgan fingerprint density at radius 3 is 0.538 bits per heavy atom. The zero-order valence-corrected chi connectivity index (χ0v) is 12.5. The molecule has 0 aliphatic carbocycles. The molecule has 0 bridgehead atoms. The van der Waals surface area contributed by atoms with Crippen LogP contribution in [0.3, 0.4) is 0 Å². The minimum atomic E-state index is -1.16. The molecule has 0 saturated heterocycles. The molecule has 0 atom stereocenters. The van der Waals surface area contributed by atoms with Crippen LogP contribution in [0.15, 0.2) is 0 Å². The van der Waals surface area contributed by atoms with Crippen LogP contribution in [0.2, 0.25) is 0 Å². The number of phenols is 10. The average molecular weight is 362 g/mol. The van der Waals surface area contributed by atoms with Crippen molar-refractivity contribution >= 4 is 32.3 Å². The van der Waals surface area contributed by atoms with Gasteiger partial charge in [-0.1, -0.05) is 0 Å². The predicted octanol–water partition coefficient (Wildman–Crippen LogP) is 1.64. The van der Waals surface area contributed by atoms with Gasteiger partial charge >= 0.3 is 0 Å². The molecule has 4 aromatic rings. The third kappa shape index (κ3) is 1.38. The van der Waals surface area contributed by atoms with Gasteiger partial charge in [-0.3, -0.25) is 0 Å². The van der Waals surface area contributed by atoms with E-state index in [-0.39, 0.29) is 0 Å². The number of hydrogen-bond acceptors (Lipinski definition) is 10. The van der Waals surface area contributed by atoms with Crippen molar-refractivity contribution in [2.45, 2.75) is 0 Å². The van der Waals surface area contributed by atoms with Crippen molar-refractivity contribution in [2.75, 3.05) is 0 Å². The first-order chi connectivity index (χ1) is 12.1. The Morgan fingerprint density at radius 1 is 0.192 bits per heavy atom. The third-order valence-electron chi connectivity index (χ3n) is 4.49. The smallest absolute Gasteiger partial charge is 0.201 e. The fourth-order valence-electron chi connectivity index (χ4n) is 3.32. The van der Waals surface area contributed by atoms with E-state index in [0.29, 0.717) is 0 Å². The fourth-order valence-corrected chi connectivity index (χ4v) is 3.32. The highest BCUT2D eigenvalue weighted by Gasteiger charge is 2.33. The Bertz CT molecular complexity index is 1080. The number of benzene rings is 4. The molecule has 0 fully saturated rings. The normalized spacial score (nSPS) is 11.8. The molecule has 0 aliphatic rings. The van der Waals surface area contributed by atoms with E-state index in [1.165, 1.54) is 0 Å². The van der Waals surface area contributed by atoms with Gasteiger partial charge in [0, 0.05) is 10.8 Å². The number of aromatic hydroxyl groups is 10. The molecule has 0 amide bonds. The Balaban J connectivity index is 2.63. The molecule has 10 nitrogen and oxygen atoms in total. The topological polar surface area (TPSA) is 202 Å². The molecule has 4 rings (SSSR count). The van der Waals surface area contributed by atoms with Crippen LogP contribution in [0.1, 0.15) is 0 Å². The summed E-state index contributed by atoms with van der Waals surface area (Å²) in [6, 6.07) is 0. The summed E-state index contributed by atoms with van der Waals surface area (Å²) < 4.78 is 0. The van der Waals surface area contributed by atoms with Crippen LogP contribution in [-0.2, 0) is 0 Å². The van der Waals surface area contributed by atoms with Gasteiger partial charge < -0.3 is 51.1 Å². The first-order valence-corrected chi connectivity index (χ1v) is 6.99. The number of hydrogen-bond donors (Lipinski definition) is 10. The lowest BCUT2D eigenvalue weighted by molar-refractivity contribution is 0.364. The Morgan fingerprint density at radius 2 is 0.346 bits per heavy atom. The number of phenolic OH excluding ortho intramolecular Hbond substituents is 10. The lowest BCUT2D eigenvalue weighted by atomic mass is 9.89. The lowest BCUT2D eigenvalue weighted by Gasteiger charge is -2.20. The van der Waals surface area contributed by atoms with E-state index < -0.39 is 89.8 Å². The van der Waals surface area contributed by atoms with E-state index in [2.05, 4.69) is 0 Å². The van der Waals surface area contributed by atoms with Crippen LogP contribution in [-0.4, -0.2) is 51.1 Å². The third-order valence-corrected chi connectivity index (χ3v) is 4.49. The van der Waals surface area contributed by atoms with E-state index in [9.17, 15) is 51.1 Å². The van der Waals surface area contributed by atoms with Crippen molar-refractivity contribution in [2.24, 2.45) is 0 Å². The molecule has 134 valence electrons. The maximum Gasteiger partial charge on any atom is 0.201 e. The van der Waals surface area contributed by atoms with Gasteiger partial charge in [0.2, 0.25) is 11.5 Å². The molecule has 0 unspecified atom stereocenters. The molecule has 0 radical (unpaired) electrons. The van der Waals surface area contributed by atoms with Crippen LogP contribution < -0.4 is 0 Å². The standard InChI is InChI=1S/C16H10O10/c17-7-3-1-2-5(9(7)19)13(23)16(26)14(24)6(2)10(20)8(18)4(1)12(22)15(25)11(3)21/h17-26H. The monoisotopic (exact) mass is 362 g/mol. The van der Waals surface area contributed by atoms with Crippen molar-refractivity contribution in [3.63, 3.8) is 0 Å². The largest absolute Gasteiger partial charge is 0.504 e. The highest BCUT2D eigenvalue weighted by molar-refractivity contribution is 6.34. The van der Waals surface area contributed by atoms with Gasteiger partial charge in [-0.05, 0) is 0 Å². The maximum absolute atomic E-state index is 10.2. The zero-order valence-electron chi connectivity index (χ0n) is 12.5. The second-order valence-electron chi connectivity index (χ2n) is 5.74. The molecule has 4 aromatic carbocycles. The van der Waals surface area contributed by atoms with Crippen LogP contribution in [0, 0.1) is 0 Å². The van der Waals surface area contributed by atoms with E-state index in [1.807, 2.05) is 0 Å². The second-order valence-corrected chi connectivity index (χ2v) is 5.74. The minimum Gasteiger partial charge on any atom is -0.504 e. The zero-order chi connectivity index (χ0) is 19.2. The SMILES string of the molecule is Oc1c(O)c2c(O)c(O)c3c(O)c(O)c(O)c4c(O)c(O)c(c1O)c2c34. The number of rotatable bonds is 0. The van der Waals surface area contributed by atoms with E-state index >= 15 is 0 Å². The summed E-state index contributed by atoms with van der Waals surface area (Å²) >= 11 is 0. The van der Waals surface area contributed by atoms with E-state index in [0.717, 1.165) is 0 Å². The van der Waals surface area contributed by atoms with Crippen molar-refractivity contribution in [3.8, 4) is 57.5 Å². The van der Waals surface area contributed by atoms with Gasteiger partial charge in [0.15, 0.2) is 46.0 Å². The molecular formula is C16H10O10. The van der Waals surface area contributed by atoms with E-state index in [4.69, 9.17) is 0 Å². The van der Waals surface area contributed by atoms with Crippen molar-refractivity contribution in [1.29, 1.82) is 0 Å². The fraction of sp³-hybridized carbons (Fsp3) is 0. The molecule has 26 heavy (non-hydrogen) atoms. The van der Waals surface area contributed by atoms with Crippen LogP contribution >= 0.6 is 0 Å². The summed E-state index contributed by atoms with van der Waals surface area (Å²) in [6.45, 7) is 0. The highest BCUT2D eigenvalue weighted by atomic mass is 16.3. The van der Waals surface area contributed by atoms with Crippen LogP contribution in [0.4, 0.5) is 0 Å². The Kier molecular flexibility index (Phi) is 2.56. The Hall–Kier alpha value is -4.08. The first-order valence-electron chi connectivity index (χ1n) is 6.99. The molecule has 0 saturated carbocycles. The molecule has 10 N–H and O–H groups in total. The molecule has 0 aromatic heterocycles. The van der Waals surface area contributed by atoms with Gasteiger partial charge in [-0.25, -0.2) is 0 Å². The highest BCUT2D eigenvalue weighted by Crippen LogP contribution is 2.63. The van der Waals surface area contributed by atoms with Gasteiger partial charge in [-0.2, -0.15) is 0 Å². The van der Waals surface area contributed by atoms with Crippen molar-refractivity contribution in [3.05, 3.63) is 0 Å². The summed E-state index contributed by atoms with van der Waals surface area (Å²) in [5.41, 5.74) is 0. The molecule has 0 heterocycles. The Labute approximate surface area is 141 Å². The molecular weight excluding hydrogens is 352 g/mol. The second kappa shape index (κ2) is 4.30. The lowest BCUT2D eigenvalue weighted by Crippen LogP contribution is -1.91. The van der Waals surface area contributed by atoms with Gasteiger partial charge in [0.05, 0.1) is 21.5 Å². The summed E-state index contributed by atoms with van der Waals surface area (Å²) in [6.07, 6.45) is 0.